The summed E-state index contributed by atoms with van der Waals surface area (Å²) >= 11 is 0. The summed E-state index contributed by atoms with van der Waals surface area (Å²) in [6.07, 6.45) is 0.822. The first-order valence-corrected chi connectivity index (χ1v) is 28.6. The van der Waals surface area contributed by atoms with Gasteiger partial charge in [-0.05, 0) is 138 Å². The fourth-order valence-electron chi connectivity index (χ4n) is 12.7. The third-order valence-electron chi connectivity index (χ3n) is 16.4. The van der Waals surface area contributed by atoms with Crippen molar-refractivity contribution in [2.45, 2.75) is 16.2 Å². The van der Waals surface area contributed by atoms with Crippen molar-refractivity contribution < 1.29 is 8.42 Å². The largest absolute Gasteiger partial charge is 0.309 e. The van der Waals surface area contributed by atoms with Gasteiger partial charge in [0.2, 0.25) is 9.84 Å². The molecule has 0 saturated heterocycles. The Morgan fingerprint density at radius 2 is 0.537 bits per heavy atom. The van der Waals surface area contributed by atoms with Crippen LogP contribution >= 0.6 is 0 Å². The van der Waals surface area contributed by atoms with Gasteiger partial charge in [0.15, 0.2) is 0 Å². The summed E-state index contributed by atoms with van der Waals surface area (Å²) in [5.74, 6) is 0. The van der Waals surface area contributed by atoms with Crippen molar-refractivity contribution in [3.8, 4) is 33.9 Å². The summed E-state index contributed by atoms with van der Waals surface area (Å²) in [5.41, 5.74) is 16.9. The van der Waals surface area contributed by atoms with Gasteiger partial charge in [-0.1, -0.05) is 170 Å². The van der Waals surface area contributed by atoms with E-state index in [1.165, 1.54) is 32.9 Å². The number of aromatic nitrogens is 4. The highest BCUT2D eigenvalue weighted by Gasteiger charge is 2.24. The molecule has 4 heterocycles. The molecular formula is C73H48N4O2S. The van der Waals surface area contributed by atoms with Crippen molar-refractivity contribution in [2.24, 2.45) is 0 Å². The van der Waals surface area contributed by atoms with Crippen LogP contribution < -0.4 is 0 Å². The molecule has 16 aromatic rings. The second-order valence-corrected chi connectivity index (χ2v) is 22.9. The second kappa shape index (κ2) is 17.9. The third-order valence-corrected chi connectivity index (χ3v) is 18.2. The van der Waals surface area contributed by atoms with Gasteiger partial charge in [-0.2, -0.15) is 0 Å². The van der Waals surface area contributed by atoms with Crippen LogP contribution in [0.1, 0.15) is 11.1 Å². The zero-order chi connectivity index (χ0) is 53.1. The van der Waals surface area contributed by atoms with E-state index in [4.69, 9.17) is 0 Å². The Balaban J connectivity index is 0.730. The maximum atomic E-state index is 15.3. The first-order chi connectivity index (χ1) is 39.4. The maximum Gasteiger partial charge on any atom is 0.206 e. The first-order valence-electron chi connectivity index (χ1n) is 27.1. The molecule has 0 bridgehead atoms. The number of sulfone groups is 1. The van der Waals surface area contributed by atoms with E-state index in [1.54, 1.807) is 12.1 Å². The molecule has 6 nitrogen and oxygen atoms in total. The predicted molar refractivity (Wildman–Crippen MR) is 330 cm³/mol. The molecule has 0 N–H and O–H groups in total. The summed E-state index contributed by atoms with van der Waals surface area (Å²) < 4.78 is 39.6. The van der Waals surface area contributed by atoms with Crippen molar-refractivity contribution in [1.29, 1.82) is 0 Å². The van der Waals surface area contributed by atoms with Crippen molar-refractivity contribution in [3.63, 3.8) is 0 Å². The number of rotatable bonds is 9. The minimum absolute atomic E-state index is 0.217. The van der Waals surface area contributed by atoms with Gasteiger partial charge in [0.25, 0.3) is 0 Å². The molecule has 12 aromatic carbocycles. The van der Waals surface area contributed by atoms with E-state index in [2.05, 4.69) is 237 Å². The Hall–Kier alpha value is -10.2. The van der Waals surface area contributed by atoms with Crippen LogP contribution in [0.2, 0.25) is 0 Å². The molecule has 0 atom stereocenters. The maximum absolute atomic E-state index is 15.3. The lowest BCUT2D eigenvalue weighted by molar-refractivity contribution is 0.596. The fraction of sp³-hybridized carbons (Fsp3) is 0.0137. The highest BCUT2D eigenvalue weighted by Crippen LogP contribution is 2.40. The van der Waals surface area contributed by atoms with Gasteiger partial charge in [-0.25, -0.2) is 8.42 Å². The van der Waals surface area contributed by atoms with Crippen LogP contribution in [0.5, 0.6) is 0 Å². The van der Waals surface area contributed by atoms with E-state index in [0.29, 0.717) is 0 Å². The number of hydrogen-bond acceptors (Lipinski definition) is 2. The molecule has 0 amide bonds. The SMILES string of the molecule is O=S(=O)(c1ccc(-c2ccc3c(c2)c2ccccc2n3-c2ccc(Cc3ccc(-n4c5ccccc5c5ccccc54)cc3)cc2)cc1)c1cc(-n2c3ccccc3c3ccccc32)cc(-n2c3ccccc3c3ccccc32)c1. The summed E-state index contributed by atoms with van der Waals surface area (Å²) in [5, 5.41) is 9.22. The minimum atomic E-state index is -4.04. The van der Waals surface area contributed by atoms with Crippen molar-refractivity contribution in [3.05, 3.63) is 290 Å². The van der Waals surface area contributed by atoms with Crippen LogP contribution in [-0.4, -0.2) is 26.7 Å². The molecule has 378 valence electrons. The Kier molecular flexibility index (Phi) is 10.3. The van der Waals surface area contributed by atoms with Gasteiger partial charge in [-0.3, -0.25) is 0 Å². The lowest BCUT2D eigenvalue weighted by Gasteiger charge is -2.16. The zero-order valence-corrected chi connectivity index (χ0v) is 44.1. The Labute approximate surface area is 461 Å². The van der Waals surface area contributed by atoms with E-state index in [0.717, 1.165) is 106 Å². The van der Waals surface area contributed by atoms with Gasteiger partial charge in [0.1, 0.15) is 0 Å². The smallest absolute Gasteiger partial charge is 0.206 e. The van der Waals surface area contributed by atoms with Crippen molar-refractivity contribution in [1.82, 2.24) is 18.3 Å². The minimum Gasteiger partial charge on any atom is -0.309 e. The van der Waals surface area contributed by atoms with Gasteiger partial charge < -0.3 is 18.3 Å². The quantitative estimate of drug-likeness (QED) is 0.145. The molecule has 0 saturated carbocycles. The molecule has 0 aliphatic heterocycles. The molecule has 16 rings (SSSR count). The average molecular weight is 1050 g/mol. The number of nitrogens with zero attached hydrogens (tertiary/aromatic N) is 4. The van der Waals surface area contributed by atoms with E-state index >= 15 is 8.42 Å². The number of fused-ring (bicyclic) bond motifs is 12. The van der Waals surface area contributed by atoms with Crippen LogP contribution in [0.15, 0.2) is 289 Å². The van der Waals surface area contributed by atoms with E-state index in [1.807, 2.05) is 48.5 Å². The Morgan fingerprint density at radius 1 is 0.237 bits per heavy atom. The number of hydrogen-bond donors (Lipinski definition) is 0. The number of benzene rings is 12. The lowest BCUT2D eigenvalue weighted by Crippen LogP contribution is -2.06. The van der Waals surface area contributed by atoms with Crippen LogP contribution in [0, 0.1) is 0 Å². The van der Waals surface area contributed by atoms with Gasteiger partial charge in [0.05, 0.1) is 53.9 Å². The van der Waals surface area contributed by atoms with Crippen LogP contribution in [0.4, 0.5) is 0 Å². The summed E-state index contributed by atoms with van der Waals surface area (Å²) in [6, 6.07) is 96.8. The van der Waals surface area contributed by atoms with Gasteiger partial charge in [-0.15, -0.1) is 0 Å². The highest BCUT2D eigenvalue weighted by atomic mass is 32.2. The van der Waals surface area contributed by atoms with Gasteiger partial charge >= 0.3 is 0 Å². The Bertz CT molecular complexity index is 4980. The Morgan fingerprint density at radius 3 is 0.900 bits per heavy atom. The molecule has 0 aliphatic carbocycles. The molecular weight excluding hydrogens is 997 g/mol. The topological polar surface area (TPSA) is 53.9 Å². The van der Waals surface area contributed by atoms with Crippen LogP contribution in [0.3, 0.4) is 0 Å². The second-order valence-electron chi connectivity index (χ2n) is 20.9. The molecule has 4 aromatic heterocycles. The van der Waals surface area contributed by atoms with Crippen molar-refractivity contribution >= 4 is 97.1 Å². The molecule has 7 heteroatoms. The van der Waals surface area contributed by atoms with E-state index in [-0.39, 0.29) is 9.79 Å². The summed E-state index contributed by atoms with van der Waals surface area (Å²) in [6.45, 7) is 0. The normalized spacial score (nSPS) is 12.2. The summed E-state index contributed by atoms with van der Waals surface area (Å²) in [7, 11) is -4.04. The molecule has 0 aliphatic rings. The van der Waals surface area contributed by atoms with Crippen LogP contribution in [-0.2, 0) is 16.3 Å². The van der Waals surface area contributed by atoms with E-state index < -0.39 is 9.84 Å². The standard InChI is InChI=1S/C73H48N4O2S/c78-80(79,57-46-54(76-68-24-10-3-17-60(68)61-18-4-11-25-69(61)76)45-55(47-57)77-70-26-12-5-19-62(70)63-20-6-13-27-71(63)77)56-40-33-50(34-41-56)51-35-42-73-65(44-51)64-21-7-14-28-72(64)75(73)53-38-31-49(32-39-53)43-48-29-36-52(37-30-48)74-66-22-8-1-15-58(66)59-16-2-9-23-67(59)74/h1-42,44-47H,43H2. The first kappa shape index (κ1) is 45.9. The fourth-order valence-corrected chi connectivity index (χ4v) is 14.1. The molecule has 0 fully saturated rings. The zero-order valence-electron chi connectivity index (χ0n) is 43.3. The molecule has 0 spiro atoms. The number of para-hydroxylation sites is 7. The van der Waals surface area contributed by atoms with E-state index in [9.17, 15) is 0 Å². The average Bonchev–Trinajstić information content (AvgIpc) is 4.28. The monoisotopic (exact) mass is 1040 g/mol. The third kappa shape index (κ3) is 7.14. The summed E-state index contributed by atoms with van der Waals surface area (Å²) in [4.78, 5) is 0.445. The predicted octanol–water partition coefficient (Wildman–Crippen LogP) is 18.2. The lowest BCUT2D eigenvalue weighted by atomic mass is 10.0. The van der Waals surface area contributed by atoms with Crippen molar-refractivity contribution in [2.75, 3.05) is 0 Å². The van der Waals surface area contributed by atoms with Crippen LogP contribution in [0.25, 0.3) is 121 Å². The molecule has 0 radical (unpaired) electrons. The molecule has 80 heavy (non-hydrogen) atoms. The molecule has 0 unspecified atom stereocenters. The highest BCUT2D eigenvalue weighted by molar-refractivity contribution is 7.91. The van der Waals surface area contributed by atoms with Gasteiger partial charge in [0, 0.05) is 65.8 Å².